The van der Waals surface area contributed by atoms with Gasteiger partial charge >= 0.3 is 5.97 Å². The van der Waals surface area contributed by atoms with Gasteiger partial charge in [-0.1, -0.05) is 42.5 Å². The van der Waals surface area contributed by atoms with Crippen molar-refractivity contribution in [2.75, 3.05) is 0 Å². The molecule has 2 aromatic carbocycles. The van der Waals surface area contributed by atoms with Crippen LogP contribution in [0.4, 0.5) is 4.39 Å². The van der Waals surface area contributed by atoms with Crippen molar-refractivity contribution in [1.29, 1.82) is 0 Å². The fraction of sp³-hybridized carbons (Fsp3) is 0.235. The summed E-state index contributed by atoms with van der Waals surface area (Å²) in [7, 11) is 0. The van der Waals surface area contributed by atoms with Gasteiger partial charge in [0.25, 0.3) is 0 Å². The van der Waals surface area contributed by atoms with Crippen LogP contribution in [0.15, 0.2) is 48.5 Å². The smallest absolute Gasteiger partial charge is 0.307 e. The zero-order chi connectivity index (χ0) is 15.2. The highest BCUT2D eigenvalue weighted by molar-refractivity contribution is 5.70. The van der Waals surface area contributed by atoms with Crippen molar-refractivity contribution in [3.63, 3.8) is 0 Å². The molecule has 0 saturated heterocycles. The number of carboxylic acids is 1. The Labute approximate surface area is 123 Å². The third-order valence-corrected chi connectivity index (χ3v) is 3.36. The van der Waals surface area contributed by atoms with E-state index in [1.165, 1.54) is 6.07 Å². The monoisotopic (exact) mass is 287 g/mol. The number of hydrogen-bond donors (Lipinski definition) is 2. The Bertz CT molecular complexity index is 610. The summed E-state index contributed by atoms with van der Waals surface area (Å²) in [4.78, 5) is 10.6. The van der Waals surface area contributed by atoms with Gasteiger partial charge < -0.3 is 10.4 Å². The maximum atomic E-state index is 13.6. The van der Waals surface area contributed by atoms with E-state index in [1.54, 1.807) is 24.3 Å². The number of rotatable bonds is 6. The molecule has 0 amide bonds. The van der Waals surface area contributed by atoms with Crippen LogP contribution in [0.25, 0.3) is 0 Å². The van der Waals surface area contributed by atoms with Gasteiger partial charge in [0.1, 0.15) is 5.82 Å². The minimum atomic E-state index is -0.839. The SMILES string of the molecule is C[C@@H](NCc1ccc(CC(=O)O)cc1)c1ccccc1F. The van der Waals surface area contributed by atoms with Crippen LogP contribution >= 0.6 is 0 Å². The van der Waals surface area contributed by atoms with Crippen molar-refractivity contribution >= 4 is 5.97 Å². The molecule has 0 radical (unpaired) electrons. The number of carbonyl (C=O) groups is 1. The van der Waals surface area contributed by atoms with E-state index >= 15 is 0 Å². The van der Waals surface area contributed by atoms with Gasteiger partial charge in [-0.05, 0) is 24.1 Å². The fourth-order valence-electron chi connectivity index (χ4n) is 2.16. The fourth-order valence-corrected chi connectivity index (χ4v) is 2.16. The molecule has 110 valence electrons. The first kappa shape index (κ1) is 15.2. The van der Waals surface area contributed by atoms with E-state index in [-0.39, 0.29) is 18.3 Å². The van der Waals surface area contributed by atoms with Crippen molar-refractivity contribution in [2.45, 2.75) is 25.9 Å². The van der Waals surface area contributed by atoms with E-state index in [2.05, 4.69) is 5.32 Å². The highest BCUT2D eigenvalue weighted by Crippen LogP contribution is 2.16. The third kappa shape index (κ3) is 4.39. The maximum Gasteiger partial charge on any atom is 0.307 e. The standard InChI is InChI=1S/C17H18FNO2/c1-12(15-4-2-3-5-16(15)18)19-11-14-8-6-13(7-9-14)10-17(20)21/h2-9,12,19H,10-11H2,1H3,(H,20,21)/t12-/m1/s1. The molecule has 2 N–H and O–H groups in total. The van der Waals surface area contributed by atoms with Gasteiger partial charge in [-0.15, -0.1) is 0 Å². The summed E-state index contributed by atoms with van der Waals surface area (Å²) in [6, 6.07) is 14.0. The minimum absolute atomic E-state index is 0.0271. The number of benzene rings is 2. The van der Waals surface area contributed by atoms with Crippen LogP contribution in [0.1, 0.15) is 29.7 Å². The molecule has 3 nitrogen and oxygen atoms in total. The van der Waals surface area contributed by atoms with E-state index < -0.39 is 5.97 Å². The van der Waals surface area contributed by atoms with Gasteiger partial charge in [-0.2, -0.15) is 0 Å². The summed E-state index contributed by atoms with van der Waals surface area (Å²) >= 11 is 0. The molecular formula is C17H18FNO2. The summed E-state index contributed by atoms with van der Waals surface area (Å²) in [5, 5.41) is 12.0. The van der Waals surface area contributed by atoms with Gasteiger partial charge in [-0.3, -0.25) is 4.79 Å². The number of nitrogens with one attached hydrogen (secondary N) is 1. The zero-order valence-corrected chi connectivity index (χ0v) is 11.8. The second-order valence-corrected chi connectivity index (χ2v) is 5.01. The average Bonchev–Trinajstić information content (AvgIpc) is 2.46. The van der Waals surface area contributed by atoms with Crippen LogP contribution < -0.4 is 5.32 Å². The Hall–Kier alpha value is -2.20. The first-order valence-electron chi connectivity index (χ1n) is 6.83. The molecule has 2 rings (SSSR count). The topological polar surface area (TPSA) is 49.3 Å². The highest BCUT2D eigenvalue weighted by Gasteiger charge is 2.09. The summed E-state index contributed by atoms with van der Waals surface area (Å²) in [5.74, 6) is -1.05. The van der Waals surface area contributed by atoms with Crippen LogP contribution in [0.5, 0.6) is 0 Å². The molecule has 0 saturated carbocycles. The lowest BCUT2D eigenvalue weighted by atomic mass is 10.1. The summed E-state index contributed by atoms with van der Waals surface area (Å²) in [5.41, 5.74) is 2.45. The lowest BCUT2D eigenvalue weighted by Crippen LogP contribution is -2.19. The lowest BCUT2D eigenvalue weighted by molar-refractivity contribution is -0.136. The van der Waals surface area contributed by atoms with Crippen LogP contribution in [0.2, 0.25) is 0 Å². The van der Waals surface area contributed by atoms with Crippen LogP contribution in [-0.2, 0) is 17.8 Å². The first-order valence-corrected chi connectivity index (χ1v) is 6.83. The molecule has 0 fully saturated rings. The number of halogens is 1. The largest absolute Gasteiger partial charge is 0.481 e. The van der Waals surface area contributed by atoms with Crippen LogP contribution in [0.3, 0.4) is 0 Å². The molecule has 0 spiro atoms. The van der Waals surface area contributed by atoms with Crippen molar-refractivity contribution in [2.24, 2.45) is 0 Å². The second-order valence-electron chi connectivity index (χ2n) is 5.01. The van der Waals surface area contributed by atoms with Gasteiger partial charge in [-0.25, -0.2) is 4.39 Å². The molecule has 0 aliphatic heterocycles. The summed E-state index contributed by atoms with van der Waals surface area (Å²) in [6.45, 7) is 2.51. The average molecular weight is 287 g/mol. The molecule has 21 heavy (non-hydrogen) atoms. The van der Waals surface area contributed by atoms with Crippen molar-refractivity contribution in [3.8, 4) is 0 Å². The van der Waals surface area contributed by atoms with Gasteiger partial charge in [0.2, 0.25) is 0 Å². The molecule has 0 aliphatic carbocycles. The molecule has 0 heterocycles. The number of carboxylic acid groups (broad SMARTS) is 1. The Morgan fingerprint density at radius 3 is 2.38 bits per heavy atom. The molecule has 1 atom stereocenters. The summed E-state index contributed by atoms with van der Waals surface area (Å²) < 4.78 is 13.6. The van der Waals surface area contributed by atoms with Gasteiger partial charge in [0.15, 0.2) is 0 Å². The predicted molar refractivity (Wildman–Crippen MR) is 79.4 cm³/mol. The van der Waals surface area contributed by atoms with Crippen molar-refractivity contribution < 1.29 is 14.3 Å². The zero-order valence-electron chi connectivity index (χ0n) is 11.8. The molecule has 0 unspecified atom stereocenters. The molecular weight excluding hydrogens is 269 g/mol. The quantitative estimate of drug-likeness (QED) is 0.857. The highest BCUT2D eigenvalue weighted by atomic mass is 19.1. The normalized spacial score (nSPS) is 12.1. The van der Waals surface area contributed by atoms with E-state index in [0.717, 1.165) is 11.1 Å². The maximum absolute atomic E-state index is 13.6. The van der Waals surface area contributed by atoms with Gasteiger partial charge in [0.05, 0.1) is 6.42 Å². The van der Waals surface area contributed by atoms with Crippen molar-refractivity contribution in [3.05, 3.63) is 71.0 Å². The lowest BCUT2D eigenvalue weighted by Gasteiger charge is -2.15. The second kappa shape index (κ2) is 6.99. The first-order chi connectivity index (χ1) is 10.1. The van der Waals surface area contributed by atoms with E-state index in [9.17, 15) is 9.18 Å². The Balaban J connectivity index is 1.94. The molecule has 2 aromatic rings. The van der Waals surface area contributed by atoms with E-state index in [1.807, 2.05) is 25.1 Å². The Morgan fingerprint density at radius 2 is 1.76 bits per heavy atom. The molecule has 0 aliphatic rings. The molecule has 0 bridgehead atoms. The van der Waals surface area contributed by atoms with Gasteiger partial charge in [0, 0.05) is 18.2 Å². The number of hydrogen-bond acceptors (Lipinski definition) is 2. The van der Waals surface area contributed by atoms with E-state index in [0.29, 0.717) is 12.1 Å². The predicted octanol–water partition coefficient (Wildman–Crippen LogP) is 3.30. The van der Waals surface area contributed by atoms with Crippen LogP contribution in [-0.4, -0.2) is 11.1 Å². The van der Waals surface area contributed by atoms with E-state index in [4.69, 9.17) is 5.11 Å². The third-order valence-electron chi connectivity index (χ3n) is 3.36. The Morgan fingerprint density at radius 1 is 1.14 bits per heavy atom. The molecule has 0 aromatic heterocycles. The molecule has 4 heteroatoms. The van der Waals surface area contributed by atoms with Crippen molar-refractivity contribution in [1.82, 2.24) is 5.32 Å². The minimum Gasteiger partial charge on any atom is -0.481 e. The van der Waals surface area contributed by atoms with Crippen LogP contribution in [0, 0.1) is 5.82 Å². The Kier molecular flexibility index (Phi) is 5.06. The summed E-state index contributed by atoms with van der Waals surface area (Å²) in [6.07, 6.45) is 0.0271. The number of aliphatic carboxylic acids is 1.